The van der Waals surface area contributed by atoms with Crippen molar-refractivity contribution in [3.05, 3.63) is 0 Å². The fourth-order valence-electron chi connectivity index (χ4n) is 1.97. The van der Waals surface area contributed by atoms with Gasteiger partial charge in [0.2, 0.25) is 0 Å². The highest BCUT2D eigenvalue weighted by atomic mass is 14.4. The molecule has 1 rings (SSSR count). The highest BCUT2D eigenvalue weighted by Gasteiger charge is 2.11. The van der Waals surface area contributed by atoms with Crippen LogP contribution in [0.2, 0.25) is 0 Å². The molecule has 0 radical (unpaired) electrons. The van der Waals surface area contributed by atoms with Gasteiger partial charge in [0.15, 0.2) is 0 Å². The third kappa shape index (κ3) is 5.59. The molecule has 0 aromatic heterocycles. The second kappa shape index (κ2) is 9.05. The maximum absolute atomic E-state index is 4.50. The third-order valence-corrected chi connectivity index (χ3v) is 2.69. The first-order chi connectivity index (χ1) is 5.93. The highest BCUT2D eigenvalue weighted by molar-refractivity contribution is 4.65. The monoisotopic (exact) mass is 171 g/mol. The van der Waals surface area contributed by atoms with Crippen LogP contribution in [0.5, 0.6) is 0 Å². The number of hydrogen-bond donors (Lipinski definition) is 1. The standard InChI is InChI=1S/C10H20.CH5N/c1-2-3-7-10-8-5-4-6-9-10;1-2/h10H,2-9H2,1H3;2H2,1H3. The van der Waals surface area contributed by atoms with Crippen LogP contribution in [0.25, 0.3) is 0 Å². The van der Waals surface area contributed by atoms with Gasteiger partial charge < -0.3 is 5.73 Å². The van der Waals surface area contributed by atoms with E-state index in [1.165, 1.54) is 58.4 Å². The minimum Gasteiger partial charge on any atom is -0.333 e. The van der Waals surface area contributed by atoms with E-state index in [0.717, 1.165) is 5.92 Å². The summed E-state index contributed by atoms with van der Waals surface area (Å²) >= 11 is 0. The lowest BCUT2D eigenvalue weighted by atomic mass is 9.86. The van der Waals surface area contributed by atoms with Crippen molar-refractivity contribution >= 4 is 0 Å². The smallest absolute Gasteiger partial charge is 0.0195 e. The molecular formula is C11H25N. The predicted octanol–water partition coefficient (Wildman–Crippen LogP) is 3.33. The second-order valence-corrected chi connectivity index (χ2v) is 3.65. The molecule has 12 heavy (non-hydrogen) atoms. The Kier molecular flexibility index (Phi) is 9.02. The summed E-state index contributed by atoms with van der Waals surface area (Å²) in [5, 5.41) is 0. The van der Waals surface area contributed by atoms with Gasteiger partial charge in [0.05, 0.1) is 0 Å². The zero-order chi connectivity index (χ0) is 9.23. The summed E-state index contributed by atoms with van der Waals surface area (Å²) in [6.45, 7) is 2.29. The molecule has 0 heterocycles. The molecule has 1 aliphatic carbocycles. The van der Waals surface area contributed by atoms with Gasteiger partial charge in [0.25, 0.3) is 0 Å². The maximum atomic E-state index is 4.50. The van der Waals surface area contributed by atoms with Gasteiger partial charge in [-0.1, -0.05) is 58.3 Å². The van der Waals surface area contributed by atoms with E-state index >= 15 is 0 Å². The van der Waals surface area contributed by atoms with E-state index in [-0.39, 0.29) is 0 Å². The lowest BCUT2D eigenvalue weighted by molar-refractivity contribution is 0.331. The summed E-state index contributed by atoms with van der Waals surface area (Å²) in [4.78, 5) is 0. The van der Waals surface area contributed by atoms with Crippen molar-refractivity contribution in [3.8, 4) is 0 Å². The van der Waals surface area contributed by atoms with Crippen molar-refractivity contribution in [2.24, 2.45) is 11.7 Å². The van der Waals surface area contributed by atoms with Gasteiger partial charge in [-0.3, -0.25) is 0 Å². The van der Waals surface area contributed by atoms with Gasteiger partial charge in [-0.05, 0) is 13.0 Å². The molecule has 0 saturated heterocycles. The lowest BCUT2D eigenvalue weighted by Crippen LogP contribution is -2.05. The topological polar surface area (TPSA) is 26.0 Å². The average molecular weight is 171 g/mol. The number of nitrogens with two attached hydrogens (primary N) is 1. The van der Waals surface area contributed by atoms with Crippen LogP contribution >= 0.6 is 0 Å². The summed E-state index contributed by atoms with van der Waals surface area (Å²) in [5.74, 6) is 1.11. The molecule has 0 aromatic rings. The van der Waals surface area contributed by atoms with Crippen LogP contribution in [0, 0.1) is 5.92 Å². The molecule has 0 atom stereocenters. The second-order valence-electron chi connectivity index (χ2n) is 3.65. The van der Waals surface area contributed by atoms with Crippen molar-refractivity contribution in [1.82, 2.24) is 0 Å². The van der Waals surface area contributed by atoms with Crippen LogP contribution in [-0.2, 0) is 0 Å². The van der Waals surface area contributed by atoms with E-state index in [2.05, 4.69) is 12.7 Å². The summed E-state index contributed by atoms with van der Waals surface area (Å²) < 4.78 is 0. The van der Waals surface area contributed by atoms with Gasteiger partial charge in [-0.2, -0.15) is 0 Å². The van der Waals surface area contributed by atoms with E-state index in [1.54, 1.807) is 0 Å². The largest absolute Gasteiger partial charge is 0.333 e. The first-order valence-corrected chi connectivity index (χ1v) is 5.51. The van der Waals surface area contributed by atoms with E-state index in [0.29, 0.717) is 0 Å². The van der Waals surface area contributed by atoms with Crippen molar-refractivity contribution in [2.75, 3.05) is 7.05 Å². The van der Waals surface area contributed by atoms with Crippen molar-refractivity contribution < 1.29 is 0 Å². The molecule has 0 unspecified atom stereocenters. The minimum absolute atomic E-state index is 1.11. The molecule has 2 N–H and O–H groups in total. The fraction of sp³-hybridized carbons (Fsp3) is 1.00. The highest BCUT2D eigenvalue weighted by Crippen LogP contribution is 2.27. The molecule has 0 amide bonds. The van der Waals surface area contributed by atoms with Gasteiger partial charge in [0, 0.05) is 0 Å². The molecule has 0 aliphatic heterocycles. The Morgan fingerprint density at radius 1 is 1.08 bits per heavy atom. The average Bonchev–Trinajstić information content (AvgIpc) is 2.19. The normalized spacial score (nSPS) is 18.2. The Balaban J connectivity index is 0.000000561. The molecule has 1 fully saturated rings. The van der Waals surface area contributed by atoms with Crippen molar-refractivity contribution in [3.63, 3.8) is 0 Å². The molecule has 1 aliphatic rings. The fourth-order valence-corrected chi connectivity index (χ4v) is 1.97. The zero-order valence-corrected chi connectivity index (χ0v) is 8.81. The van der Waals surface area contributed by atoms with Crippen LogP contribution < -0.4 is 5.73 Å². The van der Waals surface area contributed by atoms with Gasteiger partial charge in [-0.15, -0.1) is 0 Å². The SMILES string of the molecule is CCCCC1CCCCC1.CN. The molecule has 0 bridgehead atoms. The molecular weight excluding hydrogens is 146 g/mol. The summed E-state index contributed by atoms with van der Waals surface area (Å²) in [6.07, 6.45) is 11.9. The molecule has 0 spiro atoms. The van der Waals surface area contributed by atoms with Crippen LogP contribution in [0.15, 0.2) is 0 Å². The zero-order valence-electron chi connectivity index (χ0n) is 8.81. The van der Waals surface area contributed by atoms with Crippen LogP contribution in [-0.4, -0.2) is 7.05 Å². The van der Waals surface area contributed by atoms with Gasteiger partial charge in [0.1, 0.15) is 0 Å². The summed E-state index contributed by atoms with van der Waals surface area (Å²) in [5.41, 5.74) is 4.50. The Labute approximate surface area is 77.7 Å². The summed E-state index contributed by atoms with van der Waals surface area (Å²) in [6, 6.07) is 0. The van der Waals surface area contributed by atoms with Crippen LogP contribution in [0.1, 0.15) is 58.3 Å². The van der Waals surface area contributed by atoms with E-state index in [9.17, 15) is 0 Å². The van der Waals surface area contributed by atoms with Gasteiger partial charge in [-0.25, -0.2) is 0 Å². The predicted molar refractivity (Wildman–Crippen MR) is 56.2 cm³/mol. The third-order valence-electron chi connectivity index (χ3n) is 2.69. The molecule has 1 saturated carbocycles. The Bertz CT molecular complexity index is 75.1. The van der Waals surface area contributed by atoms with Crippen LogP contribution in [0.4, 0.5) is 0 Å². The number of unbranched alkanes of at least 4 members (excludes halogenated alkanes) is 1. The first-order valence-electron chi connectivity index (χ1n) is 5.51. The first kappa shape index (κ1) is 12.0. The van der Waals surface area contributed by atoms with Crippen molar-refractivity contribution in [2.45, 2.75) is 58.3 Å². The Hall–Kier alpha value is -0.0400. The van der Waals surface area contributed by atoms with Gasteiger partial charge >= 0.3 is 0 Å². The van der Waals surface area contributed by atoms with E-state index in [4.69, 9.17) is 0 Å². The lowest BCUT2D eigenvalue weighted by Gasteiger charge is -2.20. The van der Waals surface area contributed by atoms with Crippen LogP contribution in [0.3, 0.4) is 0 Å². The summed E-state index contributed by atoms with van der Waals surface area (Å²) in [7, 11) is 1.50. The molecule has 74 valence electrons. The maximum Gasteiger partial charge on any atom is -0.0195 e. The van der Waals surface area contributed by atoms with E-state index < -0.39 is 0 Å². The number of rotatable bonds is 3. The Morgan fingerprint density at radius 3 is 2.17 bits per heavy atom. The number of hydrogen-bond acceptors (Lipinski definition) is 1. The molecule has 1 heteroatoms. The minimum atomic E-state index is 1.11. The quantitative estimate of drug-likeness (QED) is 0.692. The van der Waals surface area contributed by atoms with Crippen molar-refractivity contribution in [1.29, 1.82) is 0 Å². The van der Waals surface area contributed by atoms with E-state index in [1.807, 2.05) is 0 Å². The molecule has 0 aromatic carbocycles. The molecule has 1 nitrogen and oxygen atoms in total. The Morgan fingerprint density at radius 2 is 1.67 bits per heavy atom.